The van der Waals surface area contributed by atoms with E-state index in [1.54, 1.807) is 4.57 Å². The first-order valence-corrected chi connectivity index (χ1v) is 7.39. The first-order valence-electron chi connectivity index (χ1n) is 6.59. The number of hydrogen-bond donors (Lipinski definition) is 1. The summed E-state index contributed by atoms with van der Waals surface area (Å²) < 4.78 is 21.1. The molecule has 1 aromatic carbocycles. The van der Waals surface area contributed by atoms with Crippen LogP contribution in [0.15, 0.2) is 33.5 Å². The molecule has 0 bridgehead atoms. The lowest BCUT2D eigenvalue weighted by Crippen LogP contribution is -2.31. The van der Waals surface area contributed by atoms with Crippen LogP contribution < -0.4 is 15.6 Å². The van der Waals surface area contributed by atoms with Crippen LogP contribution in [0.25, 0.3) is 5.69 Å². The molecule has 0 unspecified atom stereocenters. The second-order valence-corrected chi connectivity index (χ2v) is 5.70. The van der Waals surface area contributed by atoms with Crippen LogP contribution in [0.2, 0.25) is 0 Å². The molecule has 1 N–H and O–H groups in total. The van der Waals surface area contributed by atoms with E-state index in [0.29, 0.717) is 28.9 Å². The van der Waals surface area contributed by atoms with Gasteiger partial charge in [0.25, 0.3) is 5.56 Å². The topological polar surface area (TPSA) is 43.3 Å². The average molecular weight is 353 g/mol. The molecular weight excluding hydrogens is 339 g/mol. The van der Waals surface area contributed by atoms with Crippen molar-refractivity contribution >= 4 is 15.9 Å². The van der Waals surface area contributed by atoms with Gasteiger partial charge in [0.15, 0.2) is 0 Å². The maximum atomic E-state index is 13.9. The van der Waals surface area contributed by atoms with Gasteiger partial charge in [0.1, 0.15) is 11.6 Å². The van der Waals surface area contributed by atoms with E-state index in [4.69, 9.17) is 4.74 Å². The number of benzene rings is 1. The quantitative estimate of drug-likeness (QED) is 0.902. The lowest BCUT2D eigenvalue weighted by atomic mass is 10.1. The number of aromatic nitrogens is 1. The zero-order valence-electron chi connectivity index (χ0n) is 11.5. The average Bonchev–Trinajstić information content (AvgIpc) is 2.50. The first-order chi connectivity index (χ1) is 10.1. The molecule has 0 radical (unpaired) electrons. The molecule has 0 aliphatic carbocycles. The molecule has 6 heteroatoms. The highest BCUT2D eigenvalue weighted by Gasteiger charge is 2.19. The minimum atomic E-state index is -0.427. The van der Waals surface area contributed by atoms with Crippen molar-refractivity contribution in [3.05, 3.63) is 56.2 Å². The molecule has 2 aromatic rings. The third kappa shape index (κ3) is 2.49. The Bertz CT molecular complexity index is 758. The van der Waals surface area contributed by atoms with E-state index in [1.807, 2.05) is 6.07 Å². The van der Waals surface area contributed by atoms with Crippen LogP contribution >= 0.6 is 15.9 Å². The normalized spacial score (nSPS) is 13.9. The number of nitrogens with one attached hydrogen (secondary N) is 1. The van der Waals surface area contributed by atoms with E-state index in [-0.39, 0.29) is 5.56 Å². The highest BCUT2D eigenvalue weighted by atomic mass is 79.9. The van der Waals surface area contributed by atoms with Crippen LogP contribution in [0.3, 0.4) is 0 Å². The van der Waals surface area contributed by atoms with Crippen LogP contribution in [-0.4, -0.2) is 18.2 Å². The predicted octanol–water partition coefficient (Wildman–Crippen LogP) is 2.39. The van der Waals surface area contributed by atoms with Gasteiger partial charge < -0.3 is 10.1 Å². The number of ether oxygens (including phenoxy) is 1. The van der Waals surface area contributed by atoms with Crippen molar-refractivity contribution in [2.75, 3.05) is 13.7 Å². The van der Waals surface area contributed by atoms with Gasteiger partial charge >= 0.3 is 0 Å². The van der Waals surface area contributed by atoms with Crippen LogP contribution in [0.4, 0.5) is 4.39 Å². The molecule has 1 aliphatic heterocycles. The van der Waals surface area contributed by atoms with Gasteiger partial charge in [-0.3, -0.25) is 9.36 Å². The third-order valence-corrected chi connectivity index (χ3v) is 4.21. The summed E-state index contributed by atoms with van der Waals surface area (Å²) in [4.78, 5) is 12.3. The highest BCUT2D eigenvalue weighted by Crippen LogP contribution is 2.30. The standard InChI is InChI=1S/C15H14BrFN2O2/c1-21-14-6-10(16)11(17)7-13(14)19-12-4-5-18-8-9(12)2-3-15(19)20/h2-3,6-7,18H,4-5,8H2,1H3. The summed E-state index contributed by atoms with van der Waals surface area (Å²) in [5.74, 6) is 0.0292. The second kappa shape index (κ2) is 5.61. The minimum absolute atomic E-state index is 0.185. The van der Waals surface area contributed by atoms with E-state index in [0.717, 1.165) is 17.8 Å². The summed E-state index contributed by atoms with van der Waals surface area (Å²) in [5.41, 5.74) is 2.20. The van der Waals surface area contributed by atoms with Gasteiger partial charge in [0, 0.05) is 37.3 Å². The zero-order chi connectivity index (χ0) is 15.0. The fourth-order valence-corrected chi connectivity index (χ4v) is 2.93. The molecule has 1 aliphatic rings. The second-order valence-electron chi connectivity index (χ2n) is 4.84. The summed E-state index contributed by atoms with van der Waals surface area (Å²) in [7, 11) is 1.51. The van der Waals surface area contributed by atoms with Crippen molar-refractivity contribution in [2.45, 2.75) is 13.0 Å². The largest absolute Gasteiger partial charge is 0.495 e. The molecule has 21 heavy (non-hydrogen) atoms. The number of fused-ring (bicyclic) bond motifs is 1. The Morgan fingerprint density at radius 1 is 1.38 bits per heavy atom. The molecule has 1 aromatic heterocycles. The minimum Gasteiger partial charge on any atom is -0.495 e. The van der Waals surface area contributed by atoms with E-state index in [1.165, 1.54) is 25.3 Å². The SMILES string of the molecule is COc1cc(Br)c(F)cc1-n1c2c(ccc1=O)CNCC2. The number of hydrogen-bond acceptors (Lipinski definition) is 3. The molecule has 3 rings (SSSR count). The molecule has 110 valence electrons. The van der Waals surface area contributed by atoms with Crippen molar-refractivity contribution in [3.63, 3.8) is 0 Å². The highest BCUT2D eigenvalue weighted by molar-refractivity contribution is 9.10. The van der Waals surface area contributed by atoms with Crippen LogP contribution in [0.5, 0.6) is 5.75 Å². The summed E-state index contributed by atoms with van der Waals surface area (Å²) in [6.07, 6.45) is 0.715. The first kappa shape index (κ1) is 14.3. The fourth-order valence-electron chi connectivity index (χ4n) is 2.60. The van der Waals surface area contributed by atoms with E-state index in [2.05, 4.69) is 21.2 Å². The molecule has 0 saturated carbocycles. The number of halogens is 2. The van der Waals surface area contributed by atoms with E-state index >= 15 is 0 Å². The van der Waals surface area contributed by atoms with E-state index in [9.17, 15) is 9.18 Å². The van der Waals surface area contributed by atoms with Gasteiger partial charge in [-0.05, 0) is 27.6 Å². The number of methoxy groups -OCH3 is 1. The number of rotatable bonds is 2. The lowest BCUT2D eigenvalue weighted by molar-refractivity contribution is 0.410. The molecule has 0 saturated heterocycles. The maximum Gasteiger partial charge on any atom is 0.255 e. The Labute approximate surface area is 129 Å². The summed E-state index contributed by atoms with van der Waals surface area (Å²) in [5, 5.41) is 3.26. The zero-order valence-corrected chi connectivity index (χ0v) is 13.0. The summed E-state index contributed by atoms with van der Waals surface area (Å²) >= 11 is 3.13. The fraction of sp³-hybridized carbons (Fsp3) is 0.267. The summed E-state index contributed by atoms with van der Waals surface area (Å²) in [6, 6.07) is 6.19. The van der Waals surface area contributed by atoms with Crippen molar-refractivity contribution in [3.8, 4) is 11.4 Å². The van der Waals surface area contributed by atoms with Crippen molar-refractivity contribution in [1.29, 1.82) is 0 Å². The molecule has 0 amide bonds. The van der Waals surface area contributed by atoms with Gasteiger partial charge in [-0.15, -0.1) is 0 Å². The monoisotopic (exact) mass is 352 g/mol. The van der Waals surface area contributed by atoms with Gasteiger partial charge in [-0.25, -0.2) is 4.39 Å². The van der Waals surface area contributed by atoms with Crippen LogP contribution in [-0.2, 0) is 13.0 Å². The Balaban J connectivity index is 2.30. The molecule has 2 heterocycles. The third-order valence-electron chi connectivity index (χ3n) is 3.60. The Morgan fingerprint density at radius 3 is 2.95 bits per heavy atom. The molecule has 0 spiro atoms. The predicted molar refractivity (Wildman–Crippen MR) is 81.7 cm³/mol. The van der Waals surface area contributed by atoms with Crippen LogP contribution in [0, 0.1) is 5.82 Å². The molecular formula is C15H14BrFN2O2. The van der Waals surface area contributed by atoms with Crippen molar-refractivity contribution in [2.24, 2.45) is 0 Å². The van der Waals surface area contributed by atoms with E-state index < -0.39 is 5.82 Å². The molecule has 0 fully saturated rings. The van der Waals surface area contributed by atoms with Crippen LogP contribution in [0.1, 0.15) is 11.3 Å². The Morgan fingerprint density at radius 2 is 2.19 bits per heavy atom. The Kier molecular flexibility index (Phi) is 3.82. The maximum absolute atomic E-state index is 13.9. The van der Waals surface area contributed by atoms with Crippen molar-refractivity contribution < 1.29 is 9.13 Å². The van der Waals surface area contributed by atoms with Gasteiger partial charge in [0.2, 0.25) is 0 Å². The van der Waals surface area contributed by atoms with Gasteiger partial charge in [-0.2, -0.15) is 0 Å². The van der Waals surface area contributed by atoms with Crippen molar-refractivity contribution in [1.82, 2.24) is 9.88 Å². The smallest absolute Gasteiger partial charge is 0.255 e. The van der Waals surface area contributed by atoms with Gasteiger partial charge in [0.05, 0.1) is 17.3 Å². The molecule has 0 atom stereocenters. The number of pyridine rings is 1. The Hall–Kier alpha value is -1.66. The summed E-state index contributed by atoms with van der Waals surface area (Å²) in [6.45, 7) is 1.49. The molecule has 4 nitrogen and oxygen atoms in total. The van der Waals surface area contributed by atoms with Gasteiger partial charge in [-0.1, -0.05) is 6.07 Å². The lowest BCUT2D eigenvalue weighted by Gasteiger charge is -2.22. The number of nitrogens with zero attached hydrogens (tertiary/aromatic N) is 1.